The van der Waals surface area contributed by atoms with Gasteiger partial charge >= 0.3 is 0 Å². The number of nitrogens with zero attached hydrogens (tertiary/aromatic N) is 3. The number of hydrogen-bond acceptors (Lipinski definition) is 0. The van der Waals surface area contributed by atoms with Crippen molar-refractivity contribution in [3.63, 3.8) is 0 Å². The lowest BCUT2D eigenvalue weighted by Crippen LogP contribution is -2.74. The quantitative estimate of drug-likeness (QED) is 0.112. The maximum atomic E-state index is 2.51. The Balaban J connectivity index is 1.06. The second kappa shape index (κ2) is 14.5. The van der Waals surface area contributed by atoms with Crippen molar-refractivity contribution >= 4 is 94.2 Å². The molecule has 300 valence electrons. The minimum Gasteiger partial charge on any atom is -0.309 e. The summed E-state index contributed by atoms with van der Waals surface area (Å²) in [7, 11) is -2.93. The van der Waals surface area contributed by atoms with Gasteiger partial charge in [-0.05, 0) is 93.5 Å². The summed E-state index contributed by atoms with van der Waals surface area (Å²) in [5, 5.41) is 12.9. The number of rotatable bonds is 7. The number of aromatic nitrogens is 3. The molecule has 0 saturated heterocycles. The van der Waals surface area contributed by atoms with Gasteiger partial charge in [0.05, 0.1) is 33.1 Å². The molecule has 0 fully saturated rings. The standard InChI is InChI=1S/C60H41N3Si/c1-5-19-42(20-6-1)61-55-30-16-13-27-49(55)52-38-37-48(39-58(52)61)64(45-23-9-3-10-24-45,46-25-11-4-12-26-46)47-35-33-44(34-36-47)63-57-32-18-15-29-51(57)54-40-59-53(41-60(54)63)50-28-14-17-31-56(50)62(59)43-21-7-2-8-22-43/h1-41H. The van der Waals surface area contributed by atoms with E-state index in [0.29, 0.717) is 0 Å². The maximum absolute atomic E-state index is 2.93. The molecule has 13 aromatic rings. The smallest absolute Gasteiger partial charge is 0.179 e. The van der Waals surface area contributed by atoms with Crippen molar-refractivity contribution < 1.29 is 0 Å². The summed E-state index contributed by atoms with van der Waals surface area (Å²) in [6.45, 7) is 0. The van der Waals surface area contributed by atoms with Crippen LogP contribution < -0.4 is 20.7 Å². The van der Waals surface area contributed by atoms with Gasteiger partial charge in [0.15, 0.2) is 8.07 Å². The first-order chi connectivity index (χ1) is 31.8. The largest absolute Gasteiger partial charge is 0.309 e. The molecule has 0 saturated carbocycles. The second-order valence-corrected chi connectivity index (χ2v) is 20.7. The van der Waals surface area contributed by atoms with E-state index in [1.165, 1.54) is 86.2 Å². The molecule has 64 heavy (non-hydrogen) atoms. The predicted molar refractivity (Wildman–Crippen MR) is 273 cm³/mol. The molecule has 4 heteroatoms. The Bertz CT molecular complexity index is 3830. The fourth-order valence-corrected chi connectivity index (χ4v) is 15.6. The Labute approximate surface area is 372 Å². The first-order valence-electron chi connectivity index (χ1n) is 22.1. The highest BCUT2D eigenvalue weighted by atomic mass is 28.3. The van der Waals surface area contributed by atoms with Crippen LogP contribution in [0.4, 0.5) is 0 Å². The third-order valence-corrected chi connectivity index (χ3v) is 18.3. The van der Waals surface area contributed by atoms with Crippen LogP contribution in [-0.2, 0) is 0 Å². The van der Waals surface area contributed by atoms with E-state index in [1.54, 1.807) is 0 Å². The summed E-state index contributed by atoms with van der Waals surface area (Å²) in [5.74, 6) is 0. The number of hydrogen-bond donors (Lipinski definition) is 0. The topological polar surface area (TPSA) is 14.8 Å². The zero-order valence-electron chi connectivity index (χ0n) is 35.0. The minimum absolute atomic E-state index is 1.14. The molecule has 0 N–H and O–H groups in total. The van der Waals surface area contributed by atoms with Crippen molar-refractivity contribution in [2.45, 2.75) is 0 Å². The van der Waals surface area contributed by atoms with Gasteiger partial charge < -0.3 is 13.7 Å². The fourth-order valence-electron chi connectivity index (χ4n) is 10.9. The second-order valence-electron chi connectivity index (χ2n) is 16.9. The molecule has 0 unspecified atom stereocenters. The average Bonchev–Trinajstić information content (AvgIpc) is 4.00. The number of benzene rings is 10. The Morgan fingerprint density at radius 3 is 0.969 bits per heavy atom. The van der Waals surface area contributed by atoms with Gasteiger partial charge in [0.2, 0.25) is 0 Å². The maximum Gasteiger partial charge on any atom is 0.179 e. The van der Waals surface area contributed by atoms with E-state index in [1.807, 2.05) is 0 Å². The van der Waals surface area contributed by atoms with Gasteiger partial charge in [0, 0.05) is 49.4 Å². The van der Waals surface area contributed by atoms with Crippen molar-refractivity contribution in [1.82, 2.24) is 13.7 Å². The SMILES string of the molecule is c1ccc(-n2c3ccccc3c3ccc([Si](c4ccccc4)(c4ccccc4)c4ccc(-n5c6ccccc6c6cc7c(cc65)c5ccccc5n7-c5ccccc5)cc4)cc32)cc1. The van der Waals surface area contributed by atoms with Gasteiger partial charge in [-0.3, -0.25) is 0 Å². The molecule has 13 rings (SSSR count). The van der Waals surface area contributed by atoms with E-state index in [-0.39, 0.29) is 0 Å². The Kier molecular flexibility index (Phi) is 8.23. The number of fused-ring (bicyclic) bond motifs is 9. The summed E-state index contributed by atoms with van der Waals surface area (Å²) < 4.78 is 7.34. The Hall–Kier alpha value is -8.18. The van der Waals surface area contributed by atoms with Crippen LogP contribution in [0.2, 0.25) is 0 Å². The lowest BCUT2D eigenvalue weighted by atomic mass is 10.1. The van der Waals surface area contributed by atoms with E-state index >= 15 is 0 Å². The fraction of sp³-hybridized carbons (Fsp3) is 0. The van der Waals surface area contributed by atoms with E-state index in [2.05, 4.69) is 262 Å². The van der Waals surface area contributed by atoms with Crippen LogP contribution in [-0.4, -0.2) is 21.8 Å². The minimum atomic E-state index is -2.93. The van der Waals surface area contributed by atoms with Crippen LogP contribution in [0.25, 0.3) is 82.5 Å². The summed E-state index contributed by atoms with van der Waals surface area (Å²) in [6.07, 6.45) is 0. The molecular weight excluding hydrogens is 791 g/mol. The van der Waals surface area contributed by atoms with E-state index < -0.39 is 8.07 Å². The number of para-hydroxylation sites is 5. The average molecular weight is 832 g/mol. The van der Waals surface area contributed by atoms with Gasteiger partial charge in [-0.25, -0.2) is 0 Å². The molecule has 0 aliphatic rings. The third-order valence-electron chi connectivity index (χ3n) is 13.6. The van der Waals surface area contributed by atoms with Gasteiger partial charge in [-0.1, -0.05) is 176 Å². The van der Waals surface area contributed by atoms with Crippen LogP contribution >= 0.6 is 0 Å². The molecule has 0 atom stereocenters. The van der Waals surface area contributed by atoms with Crippen LogP contribution in [0.15, 0.2) is 249 Å². The summed E-state index contributed by atoms with van der Waals surface area (Å²) >= 11 is 0. The molecule has 0 aliphatic carbocycles. The van der Waals surface area contributed by atoms with E-state index in [9.17, 15) is 0 Å². The summed E-state index contributed by atoms with van der Waals surface area (Å²) in [6, 6.07) is 92.3. The Morgan fingerprint density at radius 2 is 0.516 bits per heavy atom. The van der Waals surface area contributed by atoms with Crippen LogP contribution in [0.5, 0.6) is 0 Å². The molecule has 3 nitrogen and oxygen atoms in total. The van der Waals surface area contributed by atoms with Gasteiger partial charge in [0.25, 0.3) is 0 Å². The molecule has 0 aliphatic heterocycles. The van der Waals surface area contributed by atoms with Crippen LogP contribution in [0.3, 0.4) is 0 Å². The van der Waals surface area contributed by atoms with Crippen molar-refractivity contribution in [2.24, 2.45) is 0 Å². The van der Waals surface area contributed by atoms with Gasteiger partial charge in [-0.2, -0.15) is 0 Å². The lowest BCUT2D eigenvalue weighted by molar-refractivity contribution is 1.17. The van der Waals surface area contributed by atoms with Gasteiger partial charge in [-0.15, -0.1) is 0 Å². The van der Waals surface area contributed by atoms with E-state index in [0.717, 1.165) is 17.1 Å². The van der Waals surface area contributed by atoms with Gasteiger partial charge in [0.1, 0.15) is 0 Å². The van der Waals surface area contributed by atoms with Crippen molar-refractivity contribution in [2.75, 3.05) is 0 Å². The molecular formula is C60H41N3Si. The molecule has 0 radical (unpaired) electrons. The van der Waals surface area contributed by atoms with E-state index in [4.69, 9.17) is 0 Å². The normalized spacial score (nSPS) is 12.1. The molecule has 0 bridgehead atoms. The summed E-state index contributed by atoms with van der Waals surface area (Å²) in [4.78, 5) is 0. The zero-order chi connectivity index (χ0) is 42.2. The molecule has 3 aromatic heterocycles. The lowest BCUT2D eigenvalue weighted by Gasteiger charge is -2.34. The Morgan fingerprint density at radius 1 is 0.203 bits per heavy atom. The summed E-state index contributed by atoms with van der Waals surface area (Å²) in [5.41, 5.74) is 10.7. The highest BCUT2D eigenvalue weighted by molar-refractivity contribution is 7.20. The van der Waals surface area contributed by atoms with Crippen molar-refractivity contribution in [3.05, 3.63) is 249 Å². The monoisotopic (exact) mass is 831 g/mol. The molecule has 0 spiro atoms. The van der Waals surface area contributed by atoms with Crippen molar-refractivity contribution in [1.29, 1.82) is 0 Å². The van der Waals surface area contributed by atoms with Crippen LogP contribution in [0.1, 0.15) is 0 Å². The molecule has 3 heterocycles. The molecule has 0 amide bonds. The highest BCUT2D eigenvalue weighted by Gasteiger charge is 2.42. The first-order valence-corrected chi connectivity index (χ1v) is 24.1. The van der Waals surface area contributed by atoms with Crippen LogP contribution in [0, 0.1) is 0 Å². The third kappa shape index (κ3) is 5.33. The predicted octanol–water partition coefficient (Wildman–Crippen LogP) is 12.4. The van der Waals surface area contributed by atoms with Crippen molar-refractivity contribution in [3.8, 4) is 17.1 Å². The zero-order valence-corrected chi connectivity index (χ0v) is 36.0. The highest BCUT2D eigenvalue weighted by Crippen LogP contribution is 2.40. The first kappa shape index (κ1) is 36.5. The molecule has 10 aromatic carbocycles.